The van der Waals surface area contributed by atoms with Gasteiger partial charge in [0.2, 0.25) is 0 Å². The van der Waals surface area contributed by atoms with Crippen molar-refractivity contribution in [2.45, 2.75) is 0 Å². The second-order valence-corrected chi connectivity index (χ2v) is 1.47. The van der Waals surface area contributed by atoms with Gasteiger partial charge in [-0.15, -0.1) is 5.73 Å². The fraction of sp³-hybridized carbons (Fsp3) is 0.125. The van der Waals surface area contributed by atoms with Gasteiger partial charge in [-0.25, -0.2) is 0 Å². The highest BCUT2D eigenvalue weighted by atomic mass is 16.3. The molecule has 0 atom stereocenters. The third kappa shape index (κ3) is 3.53. The lowest BCUT2D eigenvalue weighted by atomic mass is 10.2. The summed E-state index contributed by atoms with van der Waals surface area (Å²) in [5.41, 5.74) is 3.33. The van der Waals surface area contributed by atoms with E-state index in [-0.39, 0.29) is 6.61 Å². The maximum atomic E-state index is 8.54. The fourth-order valence-corrected chi connectivity index (χ4v) is 0.351. The van der Waals surface area contributed by atoms with Crippen molar-refractivity contribution in [2.75, 3.05) is 6.61 Å². The zero-order valence-electron chi connectivity index (χ0n) is 5.30. The summed E-state index contributed by atoms with van der Waals surface area (Å²) >= 11 is 0. The van der Waals surface area contributed by atoms with Gasteiger partial charge in [0.15, 0.2) is 0 Å². The van der Waals surface area contributed by atoms with E-state index in [2.05, 4.69) is 18.9 Å². The molecule has 0 aromatic rings. The fourth-order valence-electron chi connectivity index (χ4n) is 0.351. The zero-order chi connectivity index (χ0) is 7.11. The van der Waals surface area contributed by atoms with E-state index >= 15 is 0 Å². The molecule has 0 aliphatic carbocycles. The molecule has 9 heavy (non-hydrogen) atoms. The van der Waals surface area contributed by atoms with Gasteiger partial charge in [0.05, 0.1) is 6.61 Å². The average molecular weight is 122 g/mol. The van der Waals surface area contributed by atoms with Crippen LogP contribution in [0.2, 0.25) is 0 Å². The molecular weight excluding hydrogens is 112 g/mol. The standard InChI is InChI=1S/C8H10O/c1-3-5-6-8(4-2)7-9/h4-6,9H,1-2,7H2. The summed E-state index contributed by atoms with van der Waals surface area (Å²) in [6.07, 6.45) is 4.93. The molecule has 0 radical (unpaired) electrons. The lowest BCUT2D eigenvalue weighted by molar-refractivity contribution is 0.335. The molecule has 0 amide bonds. The van der Waals surface area contributed by atoms with E-state index in [1.165, 1.54) is 0 Å². The molecule has 0 bridgehead atoms. The van der Waals surface area contributed by atoms with E-state index < -0.39 is 0 Å². The molecule has 1 nitrogen and oxygen atoms in total. The number of allylic oxidation sites excluding steroid dienone is 2. The zero-order valence-corrected chi connectivity index (χ0v) is 5.30. The van der Waals surface area contributed by atoms with Crippen LogP contribution in [-0.4, -0.2) is 11.7 Å². The Morgan fingerprint density at radius 3 is 2.67 bits per heavy atom. The molecule has 0 aliphatic rings. The third-order valence-corrected chi connectivity index (χ3v) is 0.860. The number of rotatable bonds is 3. The third-order valence-electron chi connectivity index (χ3n) is 0.860. The second kappa shape index (κ2) is 5.10. The van der Waals surface area contributed by atoms with Crippen LogP contribution in [0.15, 0.2) is 42.7 Å². The Morgan fingerprint density at radius 1 is 1.67 bits per heavy atom. The summed E-state index contributed by atoms with van der Waals surface area (Å²) in [6.45, 7) is 6.86. The van der Waals surface area contributed by atoms with Crippen molar-refractivity contribution < 1.29 is 5.11 Å². The van der Waals surface area contributed by atoms with E-state index in [1.54, 1.807) is 18.2 Å². The molecule has 48 valence electrons. The van der Waals surface area contributed by atoms with Crippen LogP contribution in [0.25, 0.3) is 0 Å². The van der Waals surface area contributed by atoms with E-state index in [4.69, 9.17) is 5.11 Å². The molecule has 0 spiro atoms. The van der Waals surface area contributed by atoms with Crippen molar-refractivity contribution in [3.8, 4) is 0 Å². The number of hydrogen-bond acceptors (Lipinski definition) is 1. The normalized spacial score (nSPS) is 10.1. The first-order chi connectivity index (χ1) is 4.35. The maximum Gasteiger partial charge on any atom is 0.0681 e. The smallest absolute Gasteiger partial charge is 0.0681 e. The lowest BCUT2D eigenvalue weighted by Crippen LogP contribution is -1.82. The van der Waals surface area contributed by atoms with E-state index in [0.29, 0.717) is 0 Å². The molecule has 1 heteroatoms. The SMILES string of the molecule is C=C=CC=C(C=C)CO. The van der Waals surface area contributed by atoms with Crippen molar-refractivity contribution >= 4 is 0 Å². The minimum Gasteiger partial charge on any atom is -0.392 e. The van der Waals surface area contributed by atoms with Crippen LogP contribution in [0, 0.1) is 0 Å². The van der Waals surface area contributed by atoms with Gasteiger partial charge < -0.3 is 5.11 Å². The van der Waals surface area contributed by atoms with Crippen LogP contribution in [0.5, 0.6) is 0 Å². The van der Waals surface area contributed by atoms with Crippen molar-refractivity contribution in [3.63, 3.8) is 0 Å². The van der Waals surface area contributed by atoms with Crippen molar-refractivity contribution in [1.82, 2.24) is 0 Å². The van der Waals surface area contributed by atoms with Crippen molar-refractivity contribution in [2.24, 2.45) is 0 Å². The Morgan fingerprint density at radius 2 is 2.33 bits per heavy atom. The predicted octanol–water partition coefficient (Wildman–Crippen LogP) is 1.43. The molecule has 0 aromatic heterocycles. The van der Waals surface area contributed by atoms with Crippen LogP contribution in [0.3, 0.4) is 0 Å². The van der Waals surface area contributed by atoms with Gasteiger partial charge in [-0.05, 0) is 17.7 Å². The summed E-state index contributed by atoms with van der Waals surface area (Å²) in [5.74, 6) is 0. The Labute approximate surface area is 55.3 Å². The van der Waals surface area contributed by atoms with E-state index in [1.807, 2.05) is 0 Å². The van der Waals surface area contributed by atoms with Crippen LogP contribution in [0.1, 0.15) is 0 Å². The first kappa shape index (κ1) is 7.96. The number of aliphatic hydroxyl groups is 1. The van der Waals surface area contributed by atoms with Crippen LogP contribution in [0.4, 0.5) is 0 Å². The molecular formula is C8H10O. The molecule has 0 rings (SSSR count). The topological polar surface area (TPSA) is 20.2 Å². The summed E-state index contributed by atoms with van der Waals surface area (Å²) in [5, 5.41) is 8.54. The van der Waals surface area contributed by atoms with Gasteiger partial charge in [0.25, 0.3) is 0 Å². The van der Waals surface area contributed by atoms with Crippen molar-refractivity contribution in [1.29, 1.82) is 0 Å². The summed E-state index contributed by atoms with van der Waals surface area (Å²) < 4.78 is 0. The average Bonchev–Trinajstić information content (AvgIpc) is 1.91. The maximum absolute atomic E-state index is 8.54. The number of hydrogen-bond donors (Lipinski definition) is 1. The van der Waals surface area contributed by atoms with Crippen molar-refractivity contribution in [3.05, 3.63) is 42.7 Å². The molecule has 0 fully saturated rings. The highest BCUT2D eigenvalue weighted by Gasteiger charge is 1.81. The Bertz CT molecular complexity index is 159. The monoisotopic (exact) mass is 122 g/mol. The largest absolute Gasteiger partial charge is 0.392 e. The molecule has 0 aliphatic heterocycles. The van der Waals surface area contributed by atoms with Gasteiger partial charge in [-0.1, -0.05) is 19.2 Å². The van der Waals surface area contributed by atoms with E-state index in [0.717, 1.165) is 5.57 Å². The molecule has 0 saturated carbocycles. The van der Waals surface area contributed by atoms with Gasteiger partial charge in [-0.2, -0.15) is 0 Å². The Hall–Kier alpha value is -1.04. The molecule has 1 N–H and O–H groups in total. The first-order valence-corrected chi connectivity index (χ1v) is 2.63. The highest BCUT2D eigenvalue weighted by molar-refractivity contribution is 5.21. The van der Waals surface area contributed by atoms with Gasteiger partial charge in [-0.3, -0.25) is 0 Å². The molecule has 0 aromatic carbocycles. The molecule has 0 heterocycles. The number of aliphatic hydroxyl groups excluding tert-OH is 1. The van der Waals surface area contributed by atoms with E-state index in [9.17, 15) is 0 Å². The summed E-state index contributed by atoms with van der Waals surface area (Å²) in [6, 6.07) is 0. The minimum atomic E-state index is 0.0156. The highest BCUT2D eigenvalue weighted by Crippen LogP contribution is 1.92. The minimum absolute atomic E-state index is 0.0156. The Kier molecular flexibility index (Phi) is 4.51. The van der Waals surface area contributed by atoms with Crippen LogP contribution >= 0.6 is 0 Å². The van der Waals surface area contributed by atoms with Crippen LogP contribution < -0.4 is 0 Å². The van der Waals surface area contributed by atoms with Gasteiger partial charge >= 0.3 is 0 Å². The summed E-state index contributed by atoms with van der Waals surface area (Å²) in [4.78, 5) is 0. The quantitative estimate of drug-likeness (QED) is 0.443. The predicted molar refractivity (Wildman–Crippen MR) is 39.1 cm³/mol. The second-order valence-electron chi connectivity index (χ2n) is 1.47. The summed E-state index contributed by atoms with van der Waals surface area (Å²) in [7, 11) is 0. The van der Waals surface area contributed by atoms with Crippen LogP contribution in [-0.2, 0) is 0 Å². The van der Waals surface area contributed by atoms with Gasteiger partial charge in [0.1, 0.15) is 0 Å². The lowest BCUT2D eigenvalue weighted by Gasteiger charge is -1.88. The van der Waals surface area contributed by atoms with Gasteiger partial charge in [0, 0.05) is 0 Å². The Balaban J connectivity index is 4.06. The molecule has 0 saturated heterocycles. The first-order valence-electron chi connectivity index (χ1n) is 2.63. The molecule has 0 unspecified atom stereocenters.